The summed E-state index contributed by atoms with van der Waals surface area (Å²) in [4.78, 5) is 0. The second-order valence-corrected chi connectivity index (χ2v) is 4.36. The van der Waals surface area contributed by atoms with Gasteiger partial charge in [-0.2, -0.15) is 0 Å². The van der Waals surface area contributed by atoms with Crippen LogP contribution in [0.4, 0.5) is 0 Å². The molecule has 0 heterocycles. The molecule has 0 spiro atoms. The minimum atomic E-state index is -0.308. The first kappa shape index (κ1) is 7.60. The van der Waals surface area contributed by atoms with Crippen molar-refractivity contribution >= 4 is 0 Å². The third-order valence-corrected chi connectivity index (χ3v) is 4.01. The maximum Gasteiger partial charge on any atom is 0.0960 e. The zero-order chi connectivity index (χ0) is 7.90. The number of rotatable bonds is 1. The fourth-order valence-electron chi connectivity index (χ4n) is 3.35. The van der Waals surface area contributed by atoms with Crippen LogP contribution in [0, 0.1) is 11.3 Å². The Balaban J connectivity index is 2.20. The van der Waals surface area contributed by atoms with Crippen LogP contribution in [0.1, 0.15) is 45.4 Å². The predicted octanol–water partition coefficient (Wildman–Crippen LogP) is 2.78. The molecule has 0 aliphatic heterocycles. The Kier molecular flexibility index (Phi) is 1.71. The zero-order valence-corrected chi connectivity index (χ0v) is 7.31. The lowest BCUT2D eigenvalue weighted by Crippen LogP contribution is -2.31. The molecule has 1 unspecified atom stereocenters. The first-order valence-electron chi connectivity index (χ1n) is 4.91. The molecule has 2 saturated carbocycles. The van der Waals surface area contributed by atoms with Gasteiger partial charge in [-0.25, -0.2) is 5.11 Å². The second kappa shape index (κ2) is 2.48. The van der Waals surface area contributed by atoms with Gasteiger partial charge in [0.05, 0.1) is 6.10 Å². The van der Waals surface area contributed by atoms with Crippen LogP contribution in [0.3, 0.4) is 0 Å². The fraction of sp³-hybridized carbons (Fsp3) is 1.00. The highest BCUT2D eigenvalue weighted by atomic mass is 16.3. The van der Waals surface area contributed by atoms with E-state index in [0.717, 1.165) is 5.92 Å². The lowest BCUT2D eigenvalue weighted by molar-refractivity contribution is -0.0264. The van der Waals surface area contributed by atoms with Crippen molar-refractivity contribution in [1.82, 2.24) is 0 Å². The molecule has 1 nitrogen and oxygen atoms in total. The molecule has 0 saturated heterocycles. The largest absolute Gasteiger partial charge is 0.233 e. The van der Waals surface area contributed by atoms with Crippen molar-refractivity contribution in [1.29, 1.82) is 0 Å². The van der Waals surface area contributed by atoms with Gasteiger partial charge in [0, 0.05) is 5.41 Å². The van der Waals surface area contributed by atoms with Crippen LogP contribution in [0.5, 0.6) is 0 Å². The molecule has 0 aromatic carbocycles. The smallest absolute Gasteiger partial charge is 0.0960 e. The molecule has 0 N–H and O–H groups in total. The van der Waals surface area contributed by atoms with Crippen LogP contribution in [-0.4, -0.2) is 6.10 Å². The summed E-state index contributed by atoms with van der Waals surface area (Å²) >= 11 is 0. The van der Waals surface area contributed by atoms with E-state index in [1.807, 2.05) is 6.92 Å². The maximum absolute atomic E-state index is 11.5. The molecule has 0 amide bonds. The van der Waals surface area contributed by atoms with Crippen LogP contribution in [-0.2, 0) is 5.11 Å². The third-order valence-electron chi connectivity index (χ3n) is 4.01. The van der Waals surface area contributed by atoms with Gasteiger partial charge in [-0.05, 0) is 38.5 Å². The van der Waals surface area contributed by atoms with E-state index in [9.17, 15) is 5.11 Å². The van der Waals surface area contributed by atoms with Crippen LogP contribution < -0.4 is 0 Å². The molecule has 1 heteroatoms. The van der Waals surface area contributed by atoms with E-state index < -0.39 is 0 Å². The number of hydrogen-bond acceptors (Lipinski definition) is 0. The molecule has 0 bridgehead atoms. The highest BCUT2D eigenvalue weighted by Gasteiger charge is 2.49. The summed E-state index contributed by atoms with van der Waals surface area (Å²) in [6, 6.07) is 0. The van der Waals surface area contributed by atoms with E-state index in [1.165, 1.54) is 38.5 Å². The summed E-state index contributed by atoms with van der Waals surface area (Å²) in [6.07, 6.45) is 7.45. The van der Waals surface area contributed by atoms with Crippen molar-refractivity contribution in [2.24, 2.45) is 11.3 Å². The van der Waals surface area contributed by atoms with Gasteiger partial charge in [0.25, 0.3) is 0 Å². The maximum atomic E-state index is 11.5. The summed E-state index contributed by atoms with van der Waals surface area (Å²) in [7, 11) is 0. The van der Waals surface area contributed by atoms with Gasteiger partial charge in [0.1, 0.15) is 0 Å². The highest BCUT2D eigenvalue weighted by Crippen LogP contribution is 2.56. The van der Waals surface area contributed by atoms with E-state index in [2.05, 4.69) is 0 Å². The fourth-order valence-corrected chi connectivity index (χ4v) is 3.35. The van der Waals surface area contributed by atoms with Crippen molar-refractivity contribution in [2.75, 3.05) is 0 Å². The van der Waals surface area contributed by atoms with Crippen LogP contribution in [0.15, 0.2) is 0 Å². The summed E-state index contributed by atoms with van der Waals surface area (Å²) in [5.41, 5.74) is 0.250. The van der Waals surface area contributed by atoms with E-state index in [4.69, 9.17) is 0 Å². The number of hydrogen-bond donors (Lipinski definition) is 0. The average Bonchev–Trinajstić information content (AvgIpc) is 2.40. The summed E-state index contributed by atoms with van der Waals surface area (Å²) in [5, 5.41) is 11.5. The van der Waals surface area contributed by atoms with Gasteiger partial charge in [0.15, 0.2) is 0 Å². The number of fused-ring (bicyclic) bond motifs is 1. The Bertz CT molecular complexity index is 141. The Morgan fingerprint density at radius 3 is 2.18 bits per heavy atom. The lowest BCUT2D eigenvalue weighted by Gasteiger charge is -2.31. The van der Waals surface area contributed by atoms with Crippen molar-refractivity contribution in [3.63, 3.8) is 0 Å². The van der Waals surface area contributed by atoms with Crippen molar-refractivity contribution < 1.29 is 5.11 Å². The Morgan fingerprint density at radius 2 is 1.82 bits per heavy atom. The monoisotopic (exact) mass is 153 g/mol. The van der Waals surface area contributed by atoms with Crippen LogP contribution in [0.25, 0.3) is 0 Å². The molecule has 11 heavy (non-hydrogen) atoms. The molecule has 1 atom stereocenters. The van der Waals surface area contributed by atoms with Gasteiger partial charge in [-0.1, -0.05) is 12.8 Å². The topological polar surface area (TPSA) is 19.9 Å². The van der Waals surface area contributed by atoms with E-state index in [-0.39, 0.29) is 11.5 Å². The van der Waals surface area contributed by atoms with Gasteiger partial charge in [-0.3, -0.25) is 0 Å². The van der Waals surface area contributed by atoms with Crippen molar-refractivity contribution in [3.8, 4) is 0 Å². The summed E-state index contributed by atoms with van der Waals surface area (Å²) < 4.78 is 0. The Morgan fingerprint density at radius 1 is 1.27 bits per heavy atom. The Hall–Kier alpha value is -0.0400. The SMILES string of the molecule is CC([O])C12CCCC1CCC2. The minimum absolute atomic E-state index is 0.250. The quantitative estimate of drug-likeness (QED) is 0.552. The lowest BCUT2D eigenvalue weighted by atomic mass is 9.76. The highest BCUT2D eigenvalue weighted by molar-refractivity contribution is 4.99. The van der Waals surface area contributed by atoms with Crippen molar-refractivity contribution in [3.05, 3.63) is 0 Å². The van der Waals surface area contributed by atoms with Gasteiger partial charge >= 0.3 is 0 Å². The van der Waals surface area contributed by atoms with E-state index >= 15 is 0 Å². The molecular formula is C10H17O. The standard InChI is InChI=1S/C10H17O/c1-8(11)10-6-2-4-9(10)5-3-7-10/h8-9H,2-7H2,1H3. The average molecular weight is 153 g/mol. The first-order chi connectivity index (χ1) is 5.26. The van der Waals surface area contributed by atoms with Gasteiger partial charge in [0.2, 0.25) is 0 Å². The van der Waals surface area contributed by atoms with Crippen molar-refractivity contribution in [2.45, 2.75) is 51.6 Å². The first-order valence-corrected chi connectivity index (χ1v) is 4.91. The van der Waals surface area contributed by atoms with E-state index in [0.29, 0.717) is 0 Å². The Labute approximate surface area is 68.8 Å². The molecule has 1 radical (unpaired) electrons. The molecule has 63 valence electrons. The second-order valence-electron chi connectivity index (χ2n) is 4.36. The summed E-state index contributed by atoms with van der Waals surface area (Å²) in [6.45, 7) is 1.88. The van der Waals surface area contributed by atoms with Crippen LogP contribution in [0.2, 0.25) is 0 Å². The molecule has 0 aromatic heterocycles. The third kappa shape index (κ3) is 0.936. The predicted molar refractivity (Wildman–Crippen MR) is 43.8 cm³/mol. The molecule has 2 rings (SSSR count). The van der Waals surface area contributed by atoms with Gasteiger partial charge in [-0.15, -0.1) is 0 Å². The minimum Gasteiger partial charge on any atom is -0.233 e. The zero-order valence-electron chi connectivity index (χ0n) is 7.31. The molecule has 2 aliphatic rings. The summed E-state index contributed by atoms with van der Waals surface area (Å²) in [5.74, 6) is 0.801. The molecule has 0 aromatic rings. The molecular weight excluding hydrogens is 136 g/mol. The van der Waals surface area contributed by atoms with Crippen LogP contribution >= 0.6 is 0 Å². The van der Waals surface area contributed by atoms with Gasteiger partial charge < -0.3 is 0 Å². The normalized spacial score (nSPS) is 45.8. The van der Waals surface area contributed by atoms with E-state index in [1.54, 1.807) is 0 Å². The molecule has 2 aliphatic carbocycles. The molecule has 2 fully saturated rings.